The summed E-state index contributed by atoms with van der Waals surface area (Å²) >= 11 is 1.55. The number of amides is 1. The maximum atomic E-state index is 11.6. The molecule has 0 radical (unpaired) electrons. The second-order valence-corrected chi connectivity index (χ2v) is 5.78. The summed E-state index contributed by atoms with van der Waals surface area (Å²) in [4.78, 5) is 20.5. The van der Waals surface area contributed by atoms with Gasteiger partial charge in [-0.15, -0.1) is 11.3 Å². The molecule has 6 heteroatoms. The average molecular weight is 290 g/mol. The molecule has 0 saturated carbocycles. The maximum absolute atomic E-state index is 11.6. The van der Waals surface area contributed by atoms with E-state index in [1.165, 1.54) is 0 Å². The van der Waals surface area contributed by atoms with Gasteiger partial charge in [0.05, 0.1) is 11.7 Å². The van der Waals surface area contributed by atoms with Gasteiger partial charge in [-0.2, -0.15) is 0 Å². The Balaban J connectivity index is 2.22. The molecule has 0 saturated heterocycles. The fourth-order valence-electron chi connectivity index (χ4n) is 1.53. The van der Waals surface area contributed by atoms with Gasteiger partial charge in [0.1, 0.15) is 16.5 Å². The summed E-state index contributed by atoms with van der Waals surface area (Å²) in [5.74, 6) is 0.628. The molecule has 0 spiro atoms. The van der Waals surface area contributed by atoms with Crippen LogP contribution in [0.15, 0.2) is 23.6 Å². The second-order valence-electron chi connectivity index (χ2n) is 4.92. The van der Waals surface area contributed by atoms with Gasteiger partial charge in [0.15, 0.2) is 0 Å². The Hall–Kier alpha value is -1.79. The van der Waals surface area contributed by atoms with Crippen molar-refractivity contribution in [2.75, 3.05) is 5.32 Å². The number of rotatable bonds is 4. The SMILES string of the molecule is CC(C)c1csc(-c2cccc(NC(=O)[C@H](C)N)n2)n1. The van der Waals surface area contributed by atoms with Crippen LogP contribution in [0.25, 0.3) is 10.7 Å². The molecular weight excluding hydrogens is 272 g/mol. The molecule has 0 aromatic carbocycles. The number of carbonyl (C=O) groups excluding carboxylic acids is 1. The summed E-state index contributed by atoms with van der Waals surface area (Å²) in [5.41, 5.74) is 7.33. The van der Waals surface area contributed by atoms with Crippen LogP contribution in [0, 0.1) is 0 Å². The van der Waals surface area contributed by atoms with E-state index in [1.54, 1.807) is 24.3 Å². The highest BCUT2D eigenvalue weighted by atomic mass is 32.1. The van der Waals surface area contributed by atoms with Gasteiger partial charge in [0.2, 0.25) is 5.91 Å². The summed E-state index contributed by atoms with van der Waals surface area (Å²) in [6, 6.07) is 4.90. The third-order valence-electron chi connectivity index (χ3n) is 2.75. The number of nitrogens with two attached hydrogens (primary N) is 1. The lowest BCUT2D eigenvalue weighted by Gasteiger charge is -2.07. The van der Waals surface area contributed by atoms with E-state index in [9.17, 15) is 4.79 Å². The minimum Gasteiger partial charge on any atom is -0.320 e. The van der Waals surface area contributed by atoms with Crippen molar-refractivity contribution in [1.82, 2.24) is 9.97 Å². The topological polar surface area (TPSA) is 80.9 Å². The predicted molar refractivity (Wildman–Crippen MR) is 81.7 cm³/mol. The maximum Gasteiger partial charge on any atom is 0.242 e. The number of pyridine rings is 1. The van der Waals surface area contributed by atoms with Crippen LogP contribution >= 0.6 is 11.3 Å². The van der Waals surface area contributed by atoms with Crippen molar-refractivity contribution >= 4 is 23.1 Å². The molecule has 20 heavy (non-hydrogen) atoms. The molecule has 0 aliphatic carbocycles. The minimum atomic E-state index is -0.562. The monoisotopic (exact) mass is 290 g/mol. The van der Waals surface area contributed by atoms with Crippen LogP contribution < -0.4 is 11.1 Å². The lowest BCUT2D eigenvalue weighted by atomic mass is 10.2. The molecule has 2 aromatic rings. The number of nitrogens with one attached hydrogen (secondary N) is 1. The molecule has 1 atom stereocenters. The van der Waals surface area contributed by atoms with E-state index in [2.05, 4.69) is 29.1 Å². The largest absolute Gasteiger partial charge is 0.320 e. The molecule has 1 amide bonds. The number of carbonyl (C=O) groups is 1. The number of nitrogens with zero attached hydrogens (tertiary/aromatic N) is 2. The first kappa shape index (κ1) is 14.6. The van der Waals surface area contributed by atoms with Crippen LogP contribution in [0.3, 0.4) is 0 Å². The Kier molecular flexibility index (Phi) is 4.46. The Bertz CT molecular complexity index is 607. The summed E-state index contributed by atoms with van der Waals surface area (Å²) in [5, 5.41) is 5.57. The van der Waals surface area contributed by atoms with Gasteiger partial charge < -0.3 is 11.1 Å². The van der Waals surface area contributed by atoms with Crippen molar-refractivity contribution in [3.63, 3.8) is 0 Å². The zero-order valence-corrected chi connectivity index (χ0v) is 12.6. The van der Waals surface area contributed by atoms with Crippen LogP contribution in [-0.4, -0.2) is 21.9 Å². The van der Waals surface area contributed by atoms with Crippen LogP contribution in [0.5, 0.6) is 0 Å². The Morgan fingerprint density at radius 3 is 2.65 bits per heavy atom. The first-order valence-corrected chi connectivity index (χ1v) is 7.34. The van der Waals surface area contributed by atoms with Crippen molar-refractivity contribution < 1.29 is 4.79 Å². The number of aromatic nitrogens is 2. The predicted octanol–water partition coefficient (Wildman–Crippen LogP) is 2.61. The molecule has 2 rings (SSSR count). The third kappa shape index (κ3) is 3.40. The second kappa shape index (κ2) is 6.11. The number of hydrogen-bond acceptors (Lipinski definition) is 5. The van der Waals surface area contributed by atoms with Gasteiger partial charge in [-0.05, 0) is 25.0 Å². The highest BCUT2D eigenvalue weighted by Gasteiger charge is 2.11. The molecule has 0 unspecified atom stereocenters. The molecule has 5 nitrogen and oxygen atoms in total. The number of hydrogen-bond donors (Lipinski definition) is 2. The van der Waals surface area contributed by atoms with Crippen LogP contribution in [0.2, 0.25) is 0 Å². The highest BCUT2D eigenvalue weighted by molar-refractivity contribution is 7.13. The lowest BCUT2D eigenvalue weighted by Crippen LogP contribution is -2.32. The quantitative estimate of drug-likeness (QED) is 0.907. The Morgan fingerprint density at radius 1 is 1.30 bits per heavy atom. The molecule has 0 aliphatic heterocycles. The lowest BCUT2D eigenvalue weighted by molar-refractivity contribution is -0.117. The molecule has 2 aromatic heterocycles. The first-order chi connectivity index (χ1) is 9.47. The van der Waals surface area contributed by atoms with E-state index in [0.717, 1.165) is 16.4 Å². The summed E-state index contributed by atoms with van der Waals surface area (Å²) in [6.45, 7) is 5.84. The van der Waals surface area contributed by atoms with E-state index in [1.807, 2.05) is 17.5 Å². The zero-order chi connectivity index (χ0) is 14.7. The number of anilines is 1. The summed E-state index contributed by atoms with van der Waals surface area (Å²) in [6.07, 6.45) is 0. The molecular formula is C14H18N4OS. The Morgan fingerprint density at radius 2 is 2.05 bits per heavy atom. The molecule has 2 heterocycles. The fraction of sp³-hybridized carbons (Fsp3) is 0.357. The van der Waals surface area contributed by atoms with E-state index < -0.39 is 6.04 Å². The fourth-order valence-corrected chi connectivity index (χ4v) is 2.48. The van der Waals surface area contributed by atoms with Crippen molar-refractivity contribution in [2.45, 2.75) is 32.7 Å². The van der Waals surface area contributed by atoms with Gasteiger partial charge in [0.25, 0.3) is 0 Å². The van der Waals surface area contributed by atoms with Crippen LogP contribution in [-0.2, 0) is 4.79 Å². The average Bonchev–Trinajstić information content (AvgIpc) is 2.88. The molecule has 0 bridgehead atoms. The zero-order valence-electron chi connectivity index (χ0n) is 11.8. The molecule has 106 valence electrons. The van der Waals surface area contributed by atoms with E-state index in [4.69, 9.17) is 5.73 Å². The normalized spacial score (nSPS) is 12.4. The molecule has 0 fully saturated rings. The minimum absolute atomic E-state index is 0.253. The smallest absolute Gasteiger partial charge is 0.242 e. The van der Waals surface area contributed by atoms with Gasteiger partial charge in [-0.1, -0.05) is 19.9 Å². The van der Waals surface area contributed by atoms with Crippen molar-refractivity contribution in [2.24, 2.45) is 5.73 Å². The van der Waals surface area contributed by atoms with E-state index in [-0.39, 0.29) is 5.91 Å². The summed E-state index contributed by atoms with van der Waals surface area (Å²) < 4.78 is 0. The molecule has 0 aliphatic rings. The summed E-state index contributed by atoms with van der Waals surface area (Å²) in [7, 11) is 0. The van der Waals surface area contributed by atoms with Gasteiger partial charge in [0, 0.05) is 5.38 Å². The van der Waals surface area contributed by atoms with Gasteiger partial charge >= 0.3 is 0 Å². The van der Waals surface area contributed by atoms with Gasteiger partial charge in [-0.3, -0.25) is 4.79 Å². The molecule has 3 N–H and O–H groups in total. The Labute approximate surface area is 122 Å². The standard InChI is InChI=1S/C14H18N4OS/c1-8(2)11-7-20-14(17-11)10-5-4-6-12(16-10)18-13(19)9(3)15/h4-9H,15H2,1-3H3,(H,16,18,19)/t9-/m0/s1. The highest BCUT2D eigenvalue weighted by Crippen LogP contribution is 2.26. The van der Waals surface area contributed by atoms with Crippen molar-refractivity contribution in [3.8, 4) is 10.7 Å². The van der Waals surface area contributed by atoms with Crippen molar-refractivity contribution in [1.29, 1.82) is 0 Å². The number of thiazole rings is 1. The van der Waals surface area contributed by atoms with Crippen LogP contribution in [0.1, 0.15) is 32.4 Å². The first-order valence-electron chi connectivity index (χ1n) is 6.46. The van der Waals surface area contributed by atoms with Crippen LogP contribution in [0.4, 0.5) is 5.82 Å². The van der Waals surface area contributed by atoms with Gasteiger partial charge in [-0.25, -0.2) is 9.97 Å². The van der Waals surface area contributed by atoms with E-state index >= 15 is 0 Å². The van der Waals surface area contributed by atoms with Crippen molar-refractivity contribution in [3.05, 3.63) is 29.3 Å². The third-order valence-corrected chi connectivity index (χ3v) is 3.63. The van der Waals surface area contributed by atoms with E-state index in [0.29, 0.717) is 11.7 Å².